The van der Waals surface area contributed by atoms with Crippen molar-refractivity contribution in [3.8, 4) is 11.6 Å². The molecule has 0 fully saturated rings. The molecule has 0 aliphatic carbocycles. The Morgan fingerprint density at radius 3 is 2.48 bits per heavy atom. The van der Waals surface area contributed by atoms with Gasteiger partial charge >= 0.3 is 0 Å². The van der Waals surface area contributed by atoms with Crippen molar-refractivity contribution < 1.29 is 9.47 Å². The van der Waals surface area contributed by atoms with Crippen molar-refractivity contribution in [2.45, 2.75) is 20.4 Å². The summed E-state index contributed by atoms with van der Waals surface area (Å²) in [6, 6.07) is 13.7. The molecule has 0 bridgehead atoms. The molecule has 0 saturated carbocycles. The topological polar surface area (TPSA) is 43.4 Å². The van der Waals surface area contributed by atoms with Crippen molar-refractivity contribution in [1.82, 2.24) is 10.3 Å². The predicted molar refractivity (Wildman–Crippen MR) is 83.8 cm³/mol. The van der Waals surface area contributed by atoms with Gasteiger partial charge in [-0.25, -0.2) is 4.98 Å². The van der Waals surface area contributed by atoms with E-state index in [1.165, 1.54) is 5.56 Å². The largest absolute Gasteiger partial charge is 0.490 e. The third kappa shape index (κ3) is 5.08. The number of hydrogen-bond donors (Lipinski definition) is 1. The van der Waals surface area contributed by atoms with E-state index in [2.05, 4.69) is 23.3 Å². The van der Waals surface area contributed by atoms with E-state index in [1.807, 2.05) is 43.3 Å². The van der Waals surface area contributed by atoms with Crippen LogP contribution in [0.15, 0.2) is 42.5 Å². The molecule has 0 amide bonds. The molecule has 112 valence electrons. The molecule has 2 rings (SSSR count). The first-order valence-electron chi connectivity index (χ1n) is 7.27. The third-order valence-corrected chi connectivity index (χ3v) is 3.08. The average Bonchev–Trinajstić information content (AvgIpc) is 2.52. The number of nitrogens with one attached hydrogen (secondary N) is 1. The molecule has 4 heteroatoms. The second kappa shape index (κ2) is 8.27. The van der Waals surface area contributed by atoms with Gasteiger partial charge in [-0.2, -0.15) is 0 Å². The van der Waals surface area contributed by atoms with Crippen LogP contribution in [0, 0.1) is 6.92 Å². The van der Waals surface area contributed by atoms with Gasteiger partial charge in [-0.3, -0.25) is 0 Å². The highest BCUT2D eigenvalue weighted by Gasteiger charge is 2.02. The lowest BCUT2D eigenvalue weighted by atomic mass is 10.2. The van der Waals surface area contributed by atoms with Gasteiger partial charge in [0.1, 0.15) is 19.0 Å². The van der Waals surface area contributed by atoms with E-state index >= 15 is 0 Å². The number of aryl methyl sites for hydroxylation is 1. The Hall–Kier alpha value is -2.07. The van der Waals surface area contributed by atoms with Crippen molar-refractivity contribution in [2.75, 3.05) is 19.8 Å². The first-order valence-corrected chi connectivity index (χ1v) is 7.27. The highest BCUT2D eigenvalue weighted by molar-refractivity contribution is 5.25. The molecule has 0 radical (unpaired) electrons. The van der Waals surface area contributed by atoms with Gasteiger partial charge in [0.25, 0.3) is 0 Å². The van der Waals surface area contributed by atoms with Gasteiger partial charge in [0, 0.05) is 18.3 Å². The predicted octanol–water partition coefficient (Wildman–Crippen LogP) is 2.96. The van der Waals surface area contributed by atoms with Crippen LogP contribution in [0.5, 0.6) is 11.6 Å². The van der Waals surface area contributed by atoms with Crippen molar-refractivity contribution >= 4 is 0 Å². The van der Waals surface area contributed by atoms with Gasteiger partial charge in [-0.1, -0.05) is 31.2 Å². The van der Waals surface area contributed by atoms with Gasteiger partial charge in [-0.05, 0) is 31.2 Å². The Morgan fingerprint density at radius 1 is 1.00 bits per heavy atom. The number of rotatable bonds is 8. The van der Waals surface area contributed by atoms with E-state index in [9.17, 15) is 0 Å². The van der Waals surface area contributed by atoms with E-state index in [1.54, 1.807) is 0 Å². The van der Waals surface area contributed by atoms with Crippen LogP contribution >= 0.6 is 0 Å². The first-order chi connectivity index (χ1) is 10.3. The second-order valence-corrected chi connectivity index (χ2v) is 4.68. The zero-order chi connectivity index (χ0) is 14.9. The van der Waals surface area contributed by atoms with Gasteiger partial charge in [0.15, 0.2) is 0 Å². The fourth-order valence-corrected chi connectivity index (χ4v) is 1.92. The number of nitrogens with zero attached hydrogens (tertiary/aromatic N) is 1. The summed E-state index contributed by atoms with van der Waals surface area (Å²) in [5, 5.41) is 3.29. The number of aromatic nitrogens is 1. The highest BCUT2D eigenvalue weighted by Crippen LogP contribution is 2.13. The Kier molecular flexibility index (Phi) is 6.03. The third-order valence-electron chi connectivity index (χ3n) is 3.08. The smallest absolute Gasteiger partial charge is 0.213 e. The van der Waals surface area contributed by atoms with Gasteiger partial charge in [0.05, 0.1) is 0 Å². The number of pyridine rings is 1. The second-order valence-electron chi connectivity index (χ2n) is 4.68. The Labute approximate surface area is 126 Å². The monoisotopic (exact) mass is 286 g/mol. The van der Waals surface area contributed by atoms with E-state index in [0.717, 1.165) is 24.5 Å². The lowest BCUT2D eigenvalue weighted by Gasteiger charge is -2.10. The number of benzene rings is 1. The fraction of sp³-hybridized carbons (Fsp3) is 0.353. The first kappa shape index (κ1) is 15.3. The van der Waals surface area contributed by atoms with Crippen molar-refractivity contribution in [2.24, 2.45) is 0 Å². The SMILES string of the molecule is CCNCc1ccc(OCCOc2ccccc2)nc1C. The zero-order valence-electron chi connectivity index (χ0n) is 12.6. The minimum absolute atomic E-state index is 0.480. The maximum Gasteiger partial charge on any atom is 0.213 e. The maximum absolute atomic E-state index is 5.61. The summed E-state index contributed by atoms with van der Waals surface area (Å²) in [5.74, 6) is 1.50. The number of ether oxygens (including phenoxy) is 2. The van der Waals surface area contributed by atoms with Crippen molar-refractivity contribution in [1.29, 1.82) is 0 Å². The summed E-state index contributed by atoms with van der Waals surface area (Å²) in [7, 11) is 0. The van der Waals surface area contributed by atoms with Crippen LogP contribution in [0.25, 0.3) is 0 Å². The number of para-hydroxylation sites is 1. The Morgan fingerprint density at radius 2 is 1.76 bits per heavy atom. The minimum atomic E-state index is 0.480. The van der Waals surface area contributed by atoms with E-state index in [4.69, 9.17) is 9.47 Å². The standard InChI is InChI=1S/C17H22N2O2/c1-3-18-13-15-9-10-17(19-14(15)2)21-12-11-20-16-7-5-4-6-8-16/h4-10,18H,3,11-13H2,1-2H3. The summed E-state index contributed by atoms with van der Waals surface area (Å²) in [6.07, 6.45) is 0. The quantitative estimate of drug-likeness (QED) is 0.758. The minimum Gasteiger partial charge on any atom is -0.490 e. The van der Waals surface area contributed by atoms with Gasteiger partial charge < -0.3 is 14.8 Å². The molecule has 1 N–H and O–H groups in total. The van der Waals surface area contributed by atoms with E-state index in [0.29, 0.717) is 19.1 Å². The van der Waals surface area contributed by atoms with Crippen LogP contribution in [0.4, 0.5) is 0 Å². The van der Waals surface area contributed by atoms with E-state index < -0.39 is 0 Å². The van der Waals surface area contributed by atoms with Gasteiger partial charge in [0.2, 0.25) is 5.88 Å². The summed E-state index contributed by atoms with van der Waals surface area (Å²) in [6.45, 7) is 6.87. The molecule has 21 heavy (non-hydrogen) atoms. The molecule has 4 nitrogen and oxygen atoms in total. The fourth-order valence-electron chi connectivity index (χ4n) is 1.92. The lowest BCUT2D eigenvalue weighted by Crippen LogP contribution is -2.14. The molecule has 0 saturated heterocycles. The highest BCUT2D eigenvalue weighted by atomic mass is 16.5. The molecule has 0 aliphatic rings. The average molecular weight is 286 g/mol. The molecule has 0 unspecified atom stereocenters. The molecule has 2 aromatic rings. The summed E-state index contributed by atoms with van der Waals surface area (Å²) in [4.78, 5) is 4.45. The molecule has 0 atom stereocenters. The van der Waals surface area contributed by atoms with Crippen LogP contribution in [0.2, 0.25) is 0 Å². The van der Waals surface area contributed by atoms with Crippen LogP contribution in [0.1, 0.15) is 18.2 Å². The molecular formula is C17H22N2O2. The van der Waals surface area contributed by atoms with Crippen LogP contribution in [0.3, 0.4) is 0 Å². The zero-order valence-corrected chi connectivity index (χ0v) is 12.6. The van der Waals surface area contributed by atoms with Crippen molar-refractivity contribution in [3.05, 3.63) is 53.7 Å². The molecule has 1 aromatic carbocycles. The normalized spacial score (nSPS) is 10.4. The Bertz CT molecular complexity index is 544. The van der Waals surface area contributed by atoms with Gasteiger partial charge in [-0.15, -0.1) is 0 Å². The summed E-state index contributed by atoms with van der Waals surface area (Å²) >= 11 is 0. The maximum atomic E-state index is 5.61. The van der Waals surface area contributed by atoms with E-state index in [-0.39, 0.29) is 0 Å². The lowest BCUT2D eigenvalue weighted by molar-refractivity contribution is 0.211. The molecule has 0 spiro atoms. The van der Waals surface area contributed by atoms with Crippen LogP contribution in [-0.4, -0.2) is 24.7 Å². The number of hydrogen-bond acceptors (Lipinski definition) is 4. The van der Waals surface area contributed by atoms with Crippen LogP contribution < -0.4 is 14.8 Å². The molecule has 1 heterocycles. The van der Waals surface area contributed by atoms with Crippen molar-refractivity contribution in [3.63, 3.8) is 0 Å². The molecule has 0 aliphatic heterocycles. The Balaban J connectivity index is 1.77. The van der Waals surface area contributed by atoms with Crippen LogP contribution in [-0.2, 0) is 6.54 Å². The molecular weight excluding hydrogens is 264 g/mol. The summed E-state index contributed by atoms with van der Waals surface area (Å²) < 4.78 is 11.2. The molecule has 1 aromatic heterocycles. The summed E-state index contributed by atoms with van der Waals surface area (Å²) in [5.41, 5.74) is 2.20.